The Morgan fingerprint density at radius 2 is 1.94 bits per heavy atom. The van der Waals surface area contributed by atoms with Crippen molar-refractivity contribution in [3.8, 4) is 0 Å². The number of hydrogen-bond donors (Lipinski definition) is 2. The minimum absolute atomic E-state index is 0.0277. The van der Waals surface area contributed by atoms with Gasteiger partial charge in [-0.3, -0.25) is 14.5 Å². The number of amides is 4. The zero-order chi connectivity index (χ0) is 26.8. The molecule has 0 bridgehead atoms. The molecule has 0 aromatic heterocycles. The van der Waals surface area contributed by atoms with Crippen molar-refractivity contribution in [2.24, 2.45) is 5.92 Å². The van der Waals surface area contributed by atoms with Gasteiger partial charge in [-0.1, -0.05) is 38.1 Å². The van der Waals surface area contributed by atoms with E-state index in [4.69, 9.17) is 0 Å². The fourth-order valence-corrected chi connectivity index (χ4v) is 4.61. The second-order valence-corrected chi connectivity index (χ2v) is 9.44. The average Bonchev–Trinajstić information content (AvgIpc) is 3.11. The van der Waals surface area contributed by atoms with E-state index in [0.717, 1.165) is 6.07 Å². The van der Waals surface area contributed by atoms with Crippen molar-refractivity contribution in [3.05, 3.63) is 59.3 Å². The Bertz CT molecular complexity index is 1070. The van der Waals surface area contributed by atoms with E-state index in [2.05, 4.69) is 17.2 Å². The van der Waals surface area contributed by atoms with Gasteiger partial charge in [0.2, 0.25) is 5.91 Å². The van der Waals surface area contributed by atoms with Gasteiger partial charge in [0.1, 0.15) is 6.04 Å². The van der Waals surface area contributed by atoms with Crippen LogP contribution in [0.3, 0.4) is 0 Å². The molecule has 2 heterocycles. The first-order chi connectivity index (χ1) is 16.9. The lowest BCUT2D eigenvalue weighted by Crippen LogP contribution is -2.52. The van der Waals surface area contributed by atoms with E-state index in [0.29, 0.717) is 13.1 Å². The normalized spacial score (nSPS) is 19.1. The van der Waals surface area contributed by atoms with Gasteiger partial charge in [-0.05, 0) is 31.6 Å². The lowest BCUT2D eigenvalue weighted by Gasteiger charge is -2.33. The van der Waals surface area contributed by atoms with Crippen molar-refractivity contribution in [1.29, 1.82) is 0 Å². The Kier molecular flexibility index (Phi) is 8.12. The Morgan fingerprint density at radius 1 is 1.28 bits per heavy atom. The van der Waals surface area contributed by atoms with Crippen molar-refractivity contribution in [2.45, 2.75) is 32.1 Å². The molecule has 36 heavy (non-hydrogen) atoms. The molecule has 1 aromatic carbocycles. The maximum absolute atomic E-state index is 13.8. The number of carbonyl (C=O) groups excluding carboxylic acids is 3. The summed E-state index contributed by atoms with van der Waals surface area (Å²) >= 11 is 0. The third-order valence-corrected chi connectivity index (χ3v) is 6.23. The first kappa shape index (κ1) is 27.3. The van der Waals surface area contributed by atoms with Crippen molar-refractivity contribution >= 4 is 17.8 Å². The summed E-state index contributed by atoms with van der Waals surface area (Å²) in [4.78, 5) is 44.4. The predicted molar refractivity (Wildman–Crippen MR) is 129 cm³/mol. The average molecular weight is 508 g/mol. The first-order valence-electron chi connectivity index (χ1n) is 11.7. The molecule has 0 saturated carbocycles. The van der Waals surface area contributed by atoms with Gasteiger partial charge in [0.05, 0.1) is 29.4 Å². The molecule has 1 aromatic rings. The number of likely N-dealkylation sites (N-methyl/N-ethyl adjacent to an activating group) is 1. The monoisotopic (exact) mass is 507 g/mol. The summed E-state index contributed by atoms with van der Waals surface area (Å²) in [6, 6.07) is 2.04. The lowest BCUT2D eigenvalue weighted by molar-refractivity contribution is -0.139. The van der Waals surface area contributed by atoms with Crippen LogP contribution in [0.4, 0.5) is 18.0 Å². The summed E-state index contributed by atoms with van der Waals surface area (Å²) in [6.45, 7) is 8.18. The molecule has 2 N–H and O–H groups in total. The van der Waals surface area contributed by atoms with E-state index in [1.54, 1.807) is 13.8 Å². The standard InChI is InChI=1S/C25H32F3N5O3/c1-6-12-32-18-14-33(21(15(2)3)22(34)29-11-13-31(4)5)23(35)19(18)20(30-24(32)36)16-9-7-8-10-17(16)25(26,27)28/h6-10,15,20-21H,1,11-14H2,2-5H3,(H,29,34)(H,30,36)/t20-,21-/m1/s1. The smallest absolute Gasteiger partial charge is 0.353 e. The number of rotatable bonds is 9. The fourth-order valence-electron chi connectivity index (χ4n) is 4.61. The molecule has 0 aliphatic carbocycles. The number of benzene rings is 1. The zero-order valence-electron chi connectivity index (χ0n) is 20.9. The van der Waals surface area contributed by atoms with E-state index >= 15 is 0 Å². The Hall–Kier alpha value is -3.34. The summed E-state index contributed by atoms with van der Waals surface area (Å²) in [5.41, 5.74) is -0.861. The number of halogens is 3. The van der Waals surface area contributed by atoms with E-state index < -0.39 is 35.8 Å². The molecule has 0 spiro atoms. The largest absolute Gasteiger partial charge is 0.416 e. The fraction of sp³-hybridized carbons (Fsp3) is 0.480. The molecule has 0 saturated heterocycles. The van der Waals surface area contributed by atoms with E-state index in [9.17, 15) is 27.6 Å². The summed E-state index contributed by atoms with van der Waals surface area (Å²) in [6.07, 6.45) is -3.22. The SMILES string of the molecule is C=CCN1C(=O)N[C@H](c2ccccc2C(F)(F)F)C2=C1CN([C@@H](C(=O)NCCN(C)C)C(C)C)C2=O. The molecule has 0 fully saturated rings. The Balaban J connectivity index is 2.04. The highest BCUT2D eigenvalue weighted by Gasteiger charge is 2.49. The van der Waals surface area contributed by atoms with Crippen LogP contribution in [0.2, 0.25) is 0 Å². The van der Waals surface area contributed by atoms with Crippen LogP contribution < -0.4 is 10.6 Å². The molecule has 196 valence electrons. The summed E-state index contributed by atoms with van der Waals surface area (Å²) in [5.74, 6) is -1.23. The summed E-state index contributed by atoms with van der Waals surface area (Å²) < 4.78 is 41.5. The van der Waals surface area contributed by atoms with Crippen LogP contribution in [-0.4, -0.2) is 78.9 Å². The van der Waals surface area contributed by atoms with Crippen molar-refractivity contribution in [2.75, 3.05) is 40.3 Å². The molecule has 11 heteroatoms. The van der Waals surface area contributed by atoms with Gasteiger partial charge >= 0.3 is 12.2 Å². The zero-order valence-corrected chi connectivity index (χ0v) is 20.9. The first-order valence-corrected chi connectivity index (χ1v) is 11.7. The van der Waals surface area contributed by atoms with Crippen molar-refractivity contribution in [1.82, 2.24) is 25.3 Å². The minimum atomic E-state index is -4.69. The van der Waals surface area contributed by atoms with Crippen LogP contribution in [0, 0.1) is 5.92 Å². The maximum Gasteiger partial charge on any atom is 0.416 e. The Labute approximate surface area is 208 Å². The van der Waals surface area contributed by atoms with Crippen LogP contribution in [0.1, 0.15) is 31.0 Å². The van der Waals surface area contributed by atoms with Crippen LogP contribution in [0.15, 0.2) is 48.2 Å². The summed E-state index contributed by atoms with van der Waals surface area (Å²) in [5, 5.41) is 5.41. The highest BCUT2D eigenvalue weighted by atomic mass is 19.4. The van der Waals surface area contributed by atoms with Crippen LogP contribution in [-0.2, 0) is 15.8 Å². The number of nitrogens with one attached hydrogen (secondary N) is 2. The molecular weight excluding hydrogens is 475 g/mol. The van der Waals surface area contributed by atoms with Gasteiger partial charge < -0.3 is 20.4 Å². The van der Waals surface area contributed by atoms with E-state index in [1.165, 1.54) is 34.1 Å². The third-order valence-electron chi connectivity index (χ3n) is 6.23. The predicted octanol–water partition coefficient (Wildman–Crippen LogP) is 2.76. The van der Waals surface area contributed by atoms with Crippen molar-refractivity contribution < 1.29 is 27.6 Å². The second kappa shape index (κ2) is 10.7. The molecule has 3 rings (SSSR count). The van der Waals surface area contributed by atoms with Crippen LogP contribution >= 0.6 is 0 Å². The number of urea groups is 1. The lowest BCUT2D eigenvalue weighted by atomic mass is 9.91. The topological polar surface area (TPSA) is 85.0 Å². The molecule has 8 nitrogen and oxygen atoms in total. The number of carbonyl (C=O) groups is 3. The molecule has 0 radical (unpaired) electrons. The molecule has 2 atom stereocenters. The van der Waals surface area contributed by atoms with E-state index in [1.807, 2.05) is 19.0 Å². The highest BCUT2D eigenvalue weighted by molar-refractivity contribution is 6.03. The second-order valence-electron chi connectivity index (χ2n) is 9.44. The quantitative estimate of drug-likeness (QED) is 0.504. The molecule has 2 aliphatic heterocycles. The number of hydrogen-bond acceptors (Lipinski definition) is 4. The van der Waals surface area contributed by atoms with Gasteiger partial charge in [0, 0.05) is 19.6 Å². The molecule has 0 unspecified atom stereocenters. The Morgan fingerprint density at radius 3 is 2.53 bits per heavy atom. The van der Waals surface area contributed by atoms with Gasteiger partial charge in [-0.15, -0.1) is 6.58 Å². The molecule has 2 aliphatic rings. The van der Waals surface area contributed by atoms with Gasteiger partial charge in [0.15, 0.2) is 0 Å². The number of nitrogens with zero attached hydrogens (tertiary/aromatic N) is 3. The highest BCUT2D eigenvalue weighted by Crippen LogP contribution is 2.42. The molecule has 4 amide bonds. The van der Waals surface area contributed by atoms with Gasteiger partial charge in [-0.25, -0.2) is 4.79 Å². The maximum atomic E-state index is 13.8. The number of alkyl halides is 3. The van der Waals surface area contributed by atoms with E-state index in [-0.39, 0.29) is 41.7 Å². The van der Waals surface area contributed by atoms with Gasteiger partial charge in [0.25, 0.3) is 5.91 Å². The summed E-state index contributed by atoms with van der Waals surface area (Å²) in [7, 11) is 3.73. The van der Waals surface area contributed by atoms with Crippen molar-refractivity contribution in [3.63, 3.8) is 0 Å². The third kappa shape index (κ3) is 5.40. The minimum Gasteiger partial charge on any atom is -0.353 e. The van der Waals surface area contributed by atoms with Crippen LogP contribution in [0.5, 0.6) is 0 Å². The molecular formula is C25H32F3N5O3. The van der Waals surface area contributed by atoms with Gasteiger partial charge in [-0.2, -0.15) is 13.2 Å². The van der Waals surface area contributed by atoms with Crippen LogP contribution in [0.25, 0.3) is 0 Å².